The molecular formula is C32H34F6N4O3. The van der Waals surface area contributed by atoms with E-state index < -0.39 is 40.4 Å². The first-order chi connectivity index (χ1) is 21.1. The average molecular weight is 637 g/mol. The highest BCUT2D eigenvalue weighted by Crippen LogP contribution is 2.41. The maximum atomic E-state index is 14.0. The Labute approximate surface area is 257 Å². The largest absolute Gasteiger partial charge is 0.416 e. The highest BCUT2D eigenvalue weighted by molar-refractivity contribution is 6.03. The van der Waals surface area contributed by atoms with Crippen LogP contribution in [0.3, 0.4) is 0 Å². The van der Waals surface area contributed by atoms with Gasteiger partial charge in [-0.15, -0.1) is 0 Å². The van der Waals surface area contributed by atoms with E-state index in [1.54, 1.807) is 30.3 Å². The van der Waals surface area contributed by atoms with Crippen molar-refractivity contribution in [1.82, 2.24) is 9.88 Å². The number of anilines is 2. The molecule has 7 nitrogen and oxygen atoms in total. The lowest BCUT2D eigenvalue weighted by atomic mass is 9.81. The molecule has 0 saturated carbocycles. The minimum Gasteiger partial charge on any atom is -0.392 e. The van der Waals surface area contributed by atoms with Gasteiger partial charge in [0.2, 0.25) is 5.91 Å². The van der Waals surface area contributed by atoms with E-state index in [0.717, 1.165) is 13.1 Å². The quantitative estimate of drug-likeness (QED) is 0.349. The van der Waals surface area contributed by atoms with E-state index in [-0.39, 0.29) is 24.4 Å². The summed E-state index contributed by atoms with van der Waals surface area (Å²) in [5, 5.41) is 10.1. The lowest BCUT2D eigenvalue weighted by Crippen LogP contribution is -2.58. The summed E-state index contributed by atoms with van der Waals surface area (Å²) in [4.78, 5) is 24.3. The van der Waals surface area contributed by atoms with Crippen molar-refractivity contribution in [2.75, 3.05) is 56.2 Å². The number of rotatable bonds is 6. The third-order valence-electron chi connectivity index (χ3n) is 8.62. The number of aliphatic hydroxyl groups excluding tert-OH is 1. The summed E-state index contributed by atoms with van der Waals surface area (Å²) in [5.74, 6) is -0.125. The third-order valence-corrected chi connectivity index (χ3v) is 8.62. The Morgan fingerprint density at radius 1 is 0.956 bits per heavy atom. The summed E-state index contributed by atoms with van der Waals surface area (Å²) in [5.41, 5.74) is -3.26. The van der Waals surface area contributed by atoms with Gasteiger partial charge in [0.15, 0.2) is 0 Å². The molecule has 2 aromatic carbocycles. The van der Waals surface area contributed by atoms with Crippen LogP contribution < -0.4 is 9.80 Å². The van der Waals surface area contributed by atoms with E-state index in [1.165, 1.54) is 32.0 Å². The molecule has 2 fully saturated rings. The molecule has 1 aromatic heterocycles. The van der Waals surface area contributed by atoms with Crippen LogP contribution >= 0.6 is 0 Å². The summed E-state index contributed by atoms with van der Waals surface area (Å²) in [7, 11) is 1.41. The van der Waals surface area contributed by atoms with Crippen molar-refractivity contribution in [1.29, 1.82) is 0 Å². The number of nitrogens with zero attached hydrogens (tertiary/aromatic N) is 4. The van der Waals surface area contributed by atoms with Gasteiger partial charge in [0.1, 0.15) is 5.82 Å². The second kappa shape index (κ2) is 12.3. The van der Waals surface area contributed by atoms with Gasteiger partial charge in [-0.3, -0.25) is 9.69 Å². The molecule has 5 rings (SSSR count). The lowest BCUT2D eigenvalue weighted by Gasteiger charge is -2.44. The molecule has 2 aliphatic rings. The zero-order valence-corrected chi connectivity index (χ0v) is 25.0. The normalized spacial score (nSPS) is 18.1. The Balaban J connectivity index is 1.56. The van der Waals surface area contributed by atoms with E-state index in [9.17, 15) is 36.2 Å². The molecule has 2 aliphatic heterocycles. The Morgan fingerprint density at radius 3 is 2.24 bits per heavy atom. The molecule has 242 valence electrons. The van der Waals surface area contributed by atoms with Gasteiger partial charge < -0.3 is 19.6 Å². The van der Waals surface area contributed by atoms with E-state index in [2.05, 4.69) is 14.8 Å². The number of morpholine rings is 1. The number of likely N-dealkylation sites (N-methyl/N-ethyl adjacent to an activating group) is 1. The number of halogens is 6. The molecule has 13 heteroatoms. The lowest BCUT2D eigenvalue weighted by molar-refractivity contribution is -0.143. The third kappa shape index (κ3) is 6.66. The van der Waals surface area contributed by atoms with Gasteiger partial charge in [-0.2, -0.15) is 26.3 Å². The Morgan fingerprint density at radius 2 is 1.60 bits per heavy atom. The minimum atomic E-state index is -5.06. The van der Waals surface area contributed by atoms with Crippen LogP contribution in [0.4, 0.5) is 37.8 Å². The summed E-state index contributed by atoms with van der Waals surface area (Å²) in [6.45, 7) is 6.55. The Kier molecular flexibility index (Phi) is 8.91. The number of aliphatic hydroxyl groups is 1. The number of aromatic nitrogens is 1. The van der Waals surface area contributed by atoms with Gasteiger partial charge in [-0.05, 0) is 54.8 Å². The van der Waals surface area contributed by atoms with Gasteiger partial charge in [0.25, 0.3) is 0 Å². The van der Waals surface area contributed by atoms with E-state index in [0.29, 0.717) is 60.9 Å². The highest BCUT2D eigenvalue weighted by Gasteiger charge is 2.41. The van der Waals surface area contributed by atoms with Crippen LogP contribution in [0.25, 0.3) is 11.1 Å². The molecule has 2 saturated heterocycles. The Hall–Kier alpha value is -3.68. The molecule has 1 unspecified atom stereocenters. The standard InChI is InChI=1S/C32H34F6N4O3/c1-30(2,21-12-22(31(33,34)35)14-23(13-21)32(36,37)38)29(44)40(3)27-16-39-28(15-26(27)25-7-5-4-6-20(25)18-43)42-9-8-41-10-11-45-19-24(41)17-42/h4-7,12-16,24,43H,8-11,17-19H2,1-3H3. The zero-order chi connectivity index (χ0) is 32.7. The number of alkyl halides is 6. The molecule has 1 atom stereocenters. The number of carbonyl (C=O) groups is 1. The van der Waals surface area contributed by atoms with Crippen LogP contribution in [0.15, 0.2) is 54.7 Å². The smallest absolute Gasteiger partial charge is 0.392 e. The van der Waals surface area contributed by atoms with Crippen LogP contribution in [0.2, 0.25) is 0 Å². The number of benzene rings is 2. The molecule has 0 aliphatic carbocycles. The van der Waals surface area contributed by atoms with Crippen LogP contribution in [0.1, 0.15) is 36.1 Å². The van der Waals surface area contributed by atoms with Crippen molar-refractivity contribution in [2.24, 2.45) is 0 Å². The van der Waals surface area contributed by atoms with Crippen LogP contribution in [-0.4, -0.2) is 73.4 Å². The van der Waals surface area contributed by atoms with Gasteiger partial charge >= 0.3 is 12.4 Å². The van der Waals surface area contributed by atoms with Gasteiger partial charge in [0, 0.05) is 38.8 Å². The monoisotopic (exact) mass is 636 g/mol. The number of carbonyl (C=O) groups excluding carboxylic acids is 1. The summed E-state index contributed by atoms with van der Waals surface area (Å²) in [6, 6.07) is 10.2. The van der Waals surface area contributed by atoms with E-state index >= 15 is 0 Å². The number of fused-ring (bicyclic) bond motifs is 1. The van der Waals surface area contributed by atoms with Crippen molar-refractivity contribution in [3.05, 3.63) is 77.0 Å². The van der Waals surface area contributed by atoms with Gasteiger partial charge in [0.05, 0.1) is 54.3 Å². The molecule has 1 N–H and O–H groups in total. The van der Waals surface area contributed by atoms with Crippen molar-refractivity contribution in [3.63, 3.8) is 0 Å². The molecule has 3 heterocycles. The predicted molar refractivity (Wildman–Crippen MR) is 157 cm³/mol. The number of hydrogen-bond donors (Lipinski definition) is 1. The number of amides is 1. The summed E-state index contributed by atoms with van der Waals surface area (Å²) in [6.07, 6.45) is -8.64. The second-order valence-electron chi connectivity index (χ2n) is 11.9. The van der Waals surface area contributed by atoms with Crippen LogP contribution in [-0.2, 0) is 33.9 Å². The van der Waals surface area contributed by atoms with Crippen LogP contribution in [0, 0.1) is 0 Å². The number of hydrogen-bond acceptors (Lipinski definition) is 6. The zero-order valence-electron chi connectivity index (χ0n) is 25.0. The van der Waals surface area contributed by atoms with Crippen molar-refractivity contribution in [2.45, 2.75) is 44.3 Å². The van der Waals surface area contributed by atoms with E-state index in [1.807, 2.05) is 0 Å². The van der Waals surface area contributed by atoms with E-state index in [4.69, 9.17) is 4.74 Å². The van der Waals surface area contributed by atoms with Crippen molar-refractivity contribution >= 4 is 17.4 Å². The van der Waals surface area contributed by atoms with Gasteiger partial charge in [-0.1, -0.05) is 24.3 Å². The maximum Gasteiger partial charge on any atom is 0.416 e. The Bertz CT molecular complexity index is 1530. The van der Waals surface area contributed by atoms with Crippen molar-refractivity contribution in [3.8, 4) is 11.1 Å². The average Bonchev–Trinajstić information content (AvgIpc) is 3.02. The molecule has 0 spiro atoms. The first kappa shape index (κ1) is 32.7. The van der Waals surface area contributed by atoms with Gasteiger partial charge in [-0.25, -0.2) is 4.98 Å². The molecule has 0 radical (unpaired) electrons. The molecule has 3 aromatic rings. The second-order valence-corrected chi connectivity index (χ2v) is 11.9. The topological polar surface area (TPSA) is 69.1 Å². The maximum absolute atomic E-state index is 14.0. The number of pyridine rings is 1. The molecule has 45 heavy (non-hydrogen) atoms. The SMILES string of the molecule is CN(C(=O)C(C)(C)c1cc(C(F)(F)F)cc(C(F)(F)F)c1)c1cnc(N2CCN3CCOCC3C2)cc1-c1ccccc1CO. The molecule has 0 bridgehead atoms. The number of ether oxygens (including phenoxy) is 1. The number of piperazine rings is 1. The fraction of sp³-hybridized carbons (Fsp3) is 0.438. The molecular weight excluding hydrogens is 602 g/mol. The predicted octanol–water partition coefficient (Wildman–Crippen LogP) is 5.74. The fourth-order valence-electron chi connectivity index (χ4n) is 5.94. The summed E-state index contributed by atoms with van der Waals surface area (Å²) >= 11 is 0. The molecule has 1 amide bonds. The van der Waals surface area contributed by atoms with Crippen LogP contribution in [0.5, 0.6) is 0 Å². The first-order valence-corrected chi connectivity index (χ1v) is 14.5. The minimum absolute atomic E-state index is 0.0413. The fourth-order valence-corrected chi connectivity index (χ4v) is 5.94. The summed E-state index contributed by atoms with van der Waals surface area (Å²) < 4.78 is 87.5. The highest BCUT2D eigenvalue weighted by atomic mass is 19.4. The van der Waals surface area contributed by atoms with Crippen molar-refractivity contribution < 1.29 is 41.0 Å². The first-order valence-electron chi connectivity index (χ1n) is 14.5.